The lowest BCUT2D eigenvalue weighted by molar-refractivity contribution is -0.159. The molecule has 0 aromatic heterocycles. The zero-order valence-electron chi connectivity index (χ0n) is 24.6. The van der Waals surface area contributed by atoms with Crippen LogP contribution in [0.25, 0.3) is 0 Å². The molecule has 2 aliphatic heterocycles. The van der Waals surface area contributed by atoms with Crippen molar-refractivity contribution in [3.63, 3.8) is 0 Å². The minimum Gasteiger partial charge on any atom is -0.346 e. The molecule has 3 aliphatic rings. The highest BCUT2D eigenvalue weighted by molar-refractivity contribution is 6.36. The average Bonchev–Trinajstić information content (AvgIpc) is 3.02. The van der Waals surface area contributed by atoms with Crippen molar-refractivity contribution < 1.29 is 19.2 Å². The molecular weight excluding hydrogens is 528 g/mol. The van der Waals surface area contributed by atoms with Crippen LogP contribution in [-0.4, -0.2) is 76.6 Å². The van der Waals surface area contributed by atoms with Gasteiger partial charge in [0.15, 0.2) is 0 Å². The van der Waals surface area contributed by atoms with E-state index in [4.69, 9.17) is 0 Å². The van der Waals surface area contributed by atoms with Crippen LogP contribution in [0.2, 0.25) is 0 Å². The van der Waals surface area contributed by atoms with E-state index in [9.17, 15) is 19.2 Å². The first kappa shape index (κ1) is 29.8. The lowest BCUT2D eigenvalue weighted by Crippen LogP contribution is -2.60. The van der Waals surface area contributed by atoms with Gasteiger partial charge in [0.05, 0.1) is 6.04 Å². The summed E-state index contributed by atoms with van der Waals surface area (Å²) >= 11 is 0. The van der Waals surface area contributed by atoms with Gasteiger partial charge in [-0.15, -0.1) is 0 Å². The number of benzene rings is 2. The Labute approximate surface area is 249 Å². The minimum atomic E-state index is -0.503. The Morgan fingerprint density at radius 1 is 0.667 bits per heavy atom. The second-order valence-corrected chi connectivity index (χ2v) is 12.2. The minimum absolute atomic E-state index is 0.0235. The molecule has 0 spiro atoms. The van der Waals surface area contributed by atoms with Gasteiger partial charge in [-0.2, -0.15) is 0 Å². The zero-order valence-corrected chi connectivity index (χ0v) is 24.6. The smallest absolute Gasteiger partial charge is 0.312 e. The van der Waals surface area contributed by atoms with E-state index < -0.39 is 23.6 Å². The highest BCUT2D eigenvalue weighted by atomic mass is 16.2. The van der Waals surface area contributed by atoms with Gasteiger partial charge in [-0.05, 0) is 49.1 Å². The van der Waals surface area contributed by atoms with Gasteiger partial charge in [-0.3, -0.25) is 19.2 Å². The first-order valence-corrected chi connectivity index (χ1v) is 15.8. The molecule has 4 amide bonds. The standard InChI is InChI=1S/C34H44N4O4/c39-31-32(40)37(21-19-26-12-4-1-5-13-26)29(23-35-31)18-10-11-20-36-25-30(22-27-14-6-2-7-15-27)38(34(42)33(36)41)24-28-16-8-3-9-17-28/h2-3,6-9,14-17,26,29-30H,1,4-5,10-13,18-25H2,(H,35,39)/t29-,30+/m0/s1. The van der Waals surface area contributed by atoms with E-state index in [0.29, 0.717) is 45.1 Å². The highest BCUT2D eigenvalue weighted by Gasteiger charge is 2.39. The molecule has 2 heterocycles. The summed E-state index contributed by atoms with van der Waals surface area (Å²) in [6.07, 6.45) is 10.2. The maximum absolute atomic E-state index is 13.4. The number of hydrogen-bond donors (Lipinski definition) is 1. The zero-order chi connectivity index (χ0) is 29.3. The van der Waals surface area contributed by atoms with Crippen LogP contribution in [0.5, 0.6) is 0 Å². The van der Waals surface area contributed by atoms with E-state index in [1.807, 2.05) is 48.5 Å². The molecule has 42 heavy (non-hydrogen) atoms. The van der Waals surface area contributed by atoms with Crippen molar-refractivity contribution in [3.8, 4) is 0 Å². The summed E-state index contributed by atoms with van der Waals surface area (Å²) in [6, 6.07) is 19.8. The molecular formula is C34H44N4O4. The van der Waals surface area contributed by atoms with Gasteiger partial charge in [0.25, 0.3) is 0 Å². The summed E-state index contributed by atoms with van der Waals surface area (Å²) in [5.41, 5.74) is 2.15. The van der Waals surface area contributed by atoms with E-state index >= 15 is 0 Å². The fourth-order valence-electron chi connectivity index (χ4n) is 6.81. The van der Waals surface area contributed by atoms with Gasteiger partial charge >= 0.3 is 23.6 Å². The van der Waals surface area contributed by atoms with Crippen molar-refractivity contribution in [2.24, 2.45) is 5.92 Å². The third kappa shape index (κ3) is 7.58. The number of piperazine rings is 2. The van der Waals surface area contributed by atoms with E-state index in [1.54, 1.807) is 14.7 Å². The summed E-state index contributed by atoms with van der Waals surface area (Å²) < 4.78 is 0. The lowest BCUT2D eigenvalue weighted by atomic mass is 9.86. The van der Waals surface area contributed by atoms with Crippen molar-refractivity contribution in [1.82, 2.24) is 20.0 Å². The van der Waals surface area contributed by atoms with Gasteiger partial charge in [0.1, 0.15) is 0 Å². The number of amides is 4. The fourth-order valence-corrected chi connectivity index (χ4v) is 6.81. The Morgan fingerprint density at radius 3 is 2.07 bits per heavy atom. The molecule has 8 heteroatoms. The van der Waals surface area contributed by atoms with Crippen molar-refractivity contribution in [1.29, 1.82) is 0 Å². The number of hydrogen-bond acceptors (Lipinski definition) is 4. The molecule has 1 saturated carbocycles. The van der Waals surface area contributed by atoms with Crippen molar-refractivity contribution >= 4 is 23.6 Å². The Bertz CT molecular complexity index is 1210. The lowest BCUT2D eigenvalue weighted by Gasteiger charge is -2.41. The molecule has 5 rings (SSSR count). The van der Waals surface area contributed by atoms with Crippen molar-refractivity contribution in [2.75, 3.05) is 26.2 Å². The molecule has 0 bridgehead atoms. The molecule has 224 valence electrons. The molecule has 1 N–H and O–H groups in total. The van der Waals surface area contributed by atoms with Gasteiger partial charge in [-0.1, -0.05) is 92.8 Å². The summed E-state index contributed by atoms with van der Waals surface area (Å²) in [4.78, 5) is 56.7. The number of carbonyl (C=O) groups excluding carboxylic acids is 4. The van der Waals surface area contributed by atoms with Crippen LogP contribution in [0.4, 0.5) is 0 Å². The Kier molecular flexibility index (Phi) is 10.3. The molecule has 2 saturated heterocycles. The number of nitrogens with one attached hydrogen (secondary N) is 1. The molecule has 2 aromatic rings. The number of carbonyl (C=O) groups is 4. The largest absolute Gasteiger partial charge is 0.346 e. The van der Waals surface area contributed by atoms with Crippen LogP contribution in [-0.2, 0) is 32.1 Å². The predicted molar refractivity (Wildman–Crippen MR) is 161 cm³/mol. The predicted octanol–water partition coefficient (Wildman–Crippen LogP) is 3.94. The third-order valence-electron chi connectivity index (χ3n) is 9.23. The maximum atomic E-state index is 13.4. The molecule has 0 unspecified atom stereocenters. The first-order valence-electron chi connectivity index (χ1n) is 15.8. The van der Waals surface area contributed by atoms with E-state index in [1.165, 1.54) is 32.1 Å². The Hall–Kier alpha value is -3.68. The maximum Gasteiger partial charge on any atom is 0.312 e. The molecule has 2 atom stereocenters. The summed E-state index contributed by atoms with van der Waals surface area (Å²) in [7, 11) is 0. The van der Waals surface area contributed by atoms with Crippen LogP contribution in [0.1, 0.15) is 68.9 Å². The number of rotatable bonds is 12. The van der Waals surface area contributed by atoms with Crippen molar-refractivity contribution in [3.05, 3.63) is 71.8 Å². The summed E-state index contributed by atoms with van der Waals surface area (Å²) in [5.74, 6) is -1.16. The van der Waals surface area contributed by atoms with E-state index in [-0.39, 0.29) is 12.1 Å². The molecule has 8 nitrogen and oxygen atoms in total. The van der Waals surface area contributed by atoms with Crippen LogP contribution < -0.4 is 5.32 Å². The second kappa shape index (κ2) is 14.5. The fraction of sp³-hybridized carbons (Fsp3) is 0.529. The first-order chi connectivity index (χ1) is 20.5. The average molecular weight is 573 g/mol. The molecule has 1 aliphatic carbocycles. The Balaban J connectivity index is 1.17. The van der Waals surface area contributed by atoms with E-state index in [2.05, 4.69) is 17.4 Å². The number of nitrogens with zero attached hydrogens (tertiary/aromatic N) is 3. The monoisotopic (exact) mass is 572 g/mol. The van der Waals surface area contributed by atoms with Gasteiger partial charge in [0, 0.05) is 38.8 Å². The quantitative estimate of drug-likeness (QED) is 0.308. The van der Waals surface area contributed by atoms with Gasteiger partial charge in [0.2, 0.25) is 0 Å². The van der Waals surface area contributed by atoms with Gasteiger partial charge < -0.3 is 20.0 Å². The van der Waals surface area contributed by atoms with Crippen LogP contribution in [0.15, 0.2) is 60.7 Å². The van der Waals surface area contributed by atoms with Crippen LogP contribution in [0.3, 0.4) is 0 Å². The van der Waals surface area contributed by atoms with E-state index in [0.717, 1.165) is 36.8 Å². The third-order valence-corrected chi connectivity index (χ3v) is 9.23. The normalized spacial score (nSPS) is 22.0. The molecule has 3 fully saturated rings. The van der Waals surface area contributed by atoms with Gasteiger partial charge in [-0.25, -0.2) is 0 Å². The van der Waals surface area contributed by atoms with Crippen molar-refractivity contribution in [2.45, 2.75) is 82.8 Å². The molecule has 0 radical (unpaired) electrons. The second-order valence-electron chi connectivity index (χ2n) is 12.2. The summed E-state index contributed by atoms with van der Waals surface area (Å²) in [5, 5.41) is 2.76. The molecule has 2 aromatic carbocycles. The topological polar surface area (TPSA) is 90.0 Å². The van der Waals surface area contributed by atoms with Crippen LogP contribution >= 0.6 is 0 Å². The summed E-state index contributed by atoms with van der Waals surface area (Å²) in [6.45, 7) is 2.53. The SMILES string of the molecule is O=C1NC[C@H](CCCCN2C[C@@H](Cc3ccccc3)N(Cc3ccccc3)C(=O)C2=O)N(CCC2CCCCC2)C1=O. The Morgan fingerprint density at radius 2 is 1.36 bits per heavy atom. The number of unbranched alkanes of at least 4 members (excludes halogenated alkanes) is 1. The highest BCUT2D eigenvalue weighted by Crippen LogP contribution is 2.27. The van der Waals surface area contributed by atoms with Crippen LogP contribution in [0, 0.1) is 5.92 Å².